The van der Waals surface area contributed by atoms with Gasteiger partial charge in [0.25, 0.3) is 5.91 Å². The summed E-state index contributed by atoms with van der Waals surface area (Å²) in [5, 5.41) is 4.18. The topological polar surface area (TPSA) is 60.0 Å². The minimum Gasteiger partial charge on any atom is -0.493 e. The number of hydrogen-bond donors (Lipinski definition) is 1. The SMILES string of the molecule is CCOc1ccccc1N1C(=O)/C(=C\c2cccc(OC)c2OCc2ccc(Cl)c(Cl)c2)NC1=S. The van der Waals surface area contributed by atoms with E-state index in [1.54, 1.807) is 43.5 Å². The van der Waals surface area contributed by atoms with Crippen LogP contribution in [0.3, 0.4) is 0 Å². The zero-order valence-electron chi connectivity index (χ0n) is 19.0. The van der Waals surface area contributed by atoms with Gasteiger partial charge in [-0.15, -0.1) is 0 Å². The average Bonchev–Trinajstić information content (AvgIpc) is 3.13. The van der Waals surface area contributed by atoms with Crippen molar-refractivity contribution < 1.29 is 19.0 Å². The number of amides is 1. The van der Waals surface area contributed by atoms with Crippen LogP contribution in [0.25, 0.3) is 6.08 Å². The Balaban J connectivity index is 1.65. The number of ether oxygens (including phenoxy) is 3. The molecule has 0 saturated carbocycles. The maximum absolute atomic E-state index is 13.3. The standard InChI is InChI=1S/C26H22Cl2N2O4S/c1-3-33-22-9-5-4-8-21(22)30-25(31)20(29-26(30)35)14-17-7-6-10-23(32-2)24(17)34-15-16-11-12-18(27)19(28)13-16/h4-14H,3,15H2,1-2H3,(H,29,35)/b20-14+. The second-order valence-electron chi connectivity index (χ2n) is 7.45. The number of carbonyl (C=O) groups is 1. The summed E-state index contributed by atoms with van der Waals surface area (Å²) in [5.74, 6) is 1.26. The molecule has 0 unspecified atom stereocenters. The molecule has 0 radical (unpaired) electrons. The van der Waals surface area contributed by atoms with Gasteiger partial charge in [-0.1, -0.05) is 53.5 Å². The van der Waals surface area contributed by atoms with E-state index in [9.17, 15) is 4.79 Å². The molecule has 0 bridgehead atoms. The van der Waals surface area contributed by atoms with Crippen molar-refractivity contribution in [3.63, 3.8) is 0 Å². The monoisotopic (exact) mass is 528 g/mol. The van der Waals surface area contributed by atoms with Crippen LogP contribution in [0.2, 0.25) is 10.0 Å². The number of anilines is 1. The molecule has 1 aliphatic heterocycles. The summed E-state index contributed by atoms with van der Waals surface area (Å²) in [4.78, 5) is 14.8. The predicted molar refractivity (Wildman–Crippen MR) is 143 cm³/mol. The van der Waals surface area contributed by atoms with Gasteiger partial charge in [0.15, 0.2) is 16.6 Å². The Morgan fingerprint density at radius 3 is 2.51 bits per heavy atom. The van der Waals surface area contributed by atoms with E-state index in [-0.39, 0.29) is 17.6 Å². The van der Waals surface area contributed by atoms with E-state index >= 15 is 0 Å². The van der Waals surface area contributed by atoms with Crippen molar-refractivity contribution in [2.45, 2.75) is 13.5 Å². The first-order valence-corrected chi connectivity index (χ1v) is 11.9. The number of benzene rings is 3. The first kappa shape index (κ1) is 24.9. The van der Waals surface area contributed by atoms with Crippen molar-refractivity contribution in [3.05, 3.63) is 87.5 Å². The maximum Gasteiger partial charge on any atom is 0.281 e. The molecule has 3 aromatic rings. The minimum atomic E-state index is -0.305. The van der Waals surface area contributed by atoms with Gasteiger partial charge in [-0.3, -0.25) is 4.79 Å². The lowest BCUT2D eigenvalue weighted by atomic mass is 10.1. The van der Waals surface area contributed by atoms with E-state index in [0.717, 1.165) is 5.56 Å². The number of halogens is 2. The van der Waals surface area contributed by atoms with E-state index < -0.39 is 0 Å². The third-order valence-corrected chi connectivity index (χ3v) is 6.20. The van der Waals surface area contributed by atoms with Crippen LogP contribution in [0.5, 0.6) is 17.2 Å². The van der Waals surface area contributed by atoms with Gasteiger partial charge in [-0.25, -0.2) is 4.90 Å². The summed E-state index contributed by atoms with van der Waals surface area (Å²) in [5.41, 5.74) is 2.35. The summed E-state index contributed by atoms with van der Waals surface area (Å²) in [6, 6.07) is 18.0. The van der Waals surface area contributed by atoms with E-state index in [2.05, 4.69) is 5.32 Å². The molecule has 35 heavy (non-hydrogen) atoms. The number of carbonyl (C=O) groups excluding carboxylic acids is 1. The van der Waals surface area contributed by atoms with Gasteiger partial charge >= 0.3 is 0 Å². The molecular formula is C26H22Cl2N2O4S. The minimum absolute atomic E-state index is 0.223. The molecule has 1 amide bonds. The Hall–Kier alpha value is -3.26. The highest BCUT2D eigenvalue weighted by atomic mass is 35.5. The Labute approximate surface area is 219 Å². The Kier molecular flexibility index (Phi) is 7.80. The normalized spacial score (nSPS) is 14.3. The molecule has 0 aliphatic carbocycles. The van der Waals surface area contributed by atoms with Crippen LogP contribution >= 0.6 is 35.4 Å². The van der Waals surface area contributed by atoms with Crippen molar-refractivity contribution in [1.29, 1.82) is 0 Å². The van der Waals surface area contributed by atoms with Crippen molar-refractivity contribution >= 4 is 58.2 Å². The highest BCUT2D eigenvalue weighted by Crippen LogP contribution is 2.36. The lowest BCUT2D eigenvalue weighted by Gasteiger charge is -2.18. The van der Waals surface area contributed by atoms with Gasteiger partial charge in [0, 0.05) is 5.56 Å². The first-order valence-electron chi connectivity index (χ1n) is 10.8. The Morgan fingerprint density at radius 2 is 1.77 bits per heavy atom. The van der Waals surface area contributed by atoms with Gasteiger partial charge in [0.1, 0.15) is 18.1 Å². The Morgan fingerprint density at radius 1 is 1.00 bits per heavy atom. The molecule has 1 aliphatic rings. The summed E-state index contributed by atoms with van der Waals surface area (Å²) in [6.07, 6.45) is 1.69. The van der Waals surface area contributed by atoms with E-state index in [1.165, 1.54) is 4.90 Å². The number of thiocarbonyl (C=S) groups is 1. The zero-order valence-corrected chi connectivity index (χ0v) is 21.3. The van der Waals surface area contributed by atoms with Gasteiger partial charge in [0.05, 0.1) is 29.4 Å². The summed E-state index contributed by atoms with van der Waals surface area (Å²) in [6.45, 7) is 2.57. The zero-order chi connectivity index (χ0) is 24.9. The highest BCUT2D eigenvalue weighted by Gasteiger charge is 2.34. The fourth-order valence-corrected chi connectivity index (χ4v) is 4.19. The predicted octanol–water partition coefficient (Wildman–Crippen LogP) is 6.24. The molecule has 1 saturated heterocycles. The van der Waals surface area contributed by atoms with Crippen molar-refractivity contribution in [2.24, 2.45) is 0 Å². The first-order chi connectivity index (χ1) is 16.9. The van der Waals surface area contributed by atoms with Crippen LogP contribution in [-0.4, -0.2) is 24.7 Å². The lowest BCUT2D eigenvalue weighted by Crippen LogP contribution is -2.30. The van der Waals surface area contributed by atoms with Crippen LogP contribution in [-0.2, 0) is 11.4 Å². The third-order valence-electron chi connectivity index (χ3n) is 5.18. The molecule has 4 rings (SSSR count). The number of rotatable bonds is 8. The van der Waals surface area contributed by atoms with Crippen LogP contribution in [0, 0.1) is 0 Å². The highest BCUT2D eigenvalue weighted by molar-refractivity contribution is 7.80. The van der Waals surface area contributed by atoms with Crippen molar-refractivity contribution in [2.75, 3.05) is 18.6 Å². The maximum atomic E-state index is 13.3. The second kappa shape index (κ2) is 11.0. The fourth-order valence-electron chi connectivity index (χ4n) is 3.58. The number of para-hydroxylation sites is 3. The lowest BCUT2D eigenvalue weighted by molar-refractivity contribution is -0.113. The van der Waals surface area contributed by atoms with Crippen LogP contribution in [0.1, 0.15) is 18.1 Å². The largest absolute Gasteiger partial charge is 0.493 e. The van der Waals surface area contributed by atoms with Crippen molar-refractivity contribution in [3.8, 4) is 17.2 Å². The van der Waals surface area contributed by atoms with Crippen LogP contribution in [0.15, 0.2) is 66.4 Å². The van der Waals surface area contributed by atoms with Gasteiger partial charge in [-0.2, -0.15) is 0 Å². The number of nitrogens with zero attached hydrogens (tertiary/aromatic N) is 1. The summed E-state index contributed by atoms with van der Waals surface area (Å²) >= 11 is 17.6. The smallest absolute Gasteiger partial charge is 0.281 e. The molecule has 9 heteroatoms. The van der Waals surface area contributed by atoms with E-state index in [0.29, 0.717) is 50.8 Å². The molecule has 6 nitrogen and oxygen atoms in total. The molecule has 1 heterocycles. The van der Waals surface area contributed by atoms with Gasteiger partial charge in [0.2, 0.25) is 0 Å². The van der Waals surface area contributed by atoms with E-state index in [1.807, 2.05) is 37.3 Å². The molecule has 3 aromatic carbocycles. The Bertz CT molecular complexity index is 1310. The van der Waals surface area contributed by atoms with Gasteiger partial charge < -0.3 is 19.5 Å². The number of methoxy groups -OCH3 is 1. The van der Waals surface area contributed by atoms with Crippen LogP contribution in [0.4, 0.5) is 5.69 Å². The molecule has 0 spiro atoms. The molecule has 0 aromatic heterocycles. The van der Waals surface area contributed by atoms with E-state index in [4.69, 9.17) is 49.6 Å². The average molecular weight is 529 g/mol. The second-order valence-corrected chi connectivity index (χ2v) is 8.65. The fraction of sp³-hybridized carbons (Fsp3) is 0.154. The number of hydrogen-bond acceptors (Lipinski definition) is 5. The summed E-state index contributed by atoms with van der Waals surface area (Å²) in [7, 11) is 1.55. The molecule has 0 atom stereocenters. The van der Waals surface area contributed by atoms with Crippen molar-refractivity contribution in [1.82, 2.24) is 5.32 Å². The quantitative estimate of drug-likeness (QED) is 0.275. The third kappa shape index (κ3) is 5.37. The van der Waals surface area contributed by atoms with Crippen LogP contribution < -0.4 is 24.4 Å². The molecule has 1 N–H and O–H groups in total. The summed E-state index contributed by atoms with van der Waals surface area (Å²) < 4.78 is 17.3. The van der Waals surface area contributed by atoms with Gasteiger partial charge in [-0.05, 0) is 61.1 Å². The molecular weight excluding hydrogens is 507 g/mol. The molecule has 180 valence electrons. The number of nitrogens with one attached hydrogen (secondary N) is 1. The molecule has 1 fully saturated rings.